The number of carbonyl (C=O) groups excluding carboxylic acids is 4. The summed E-state index contributed by atoms with van der Waals surface area (Å²) in [7, 11) is 0. The molecular weight excluding hydrogens is 348 g/mol. The third kappa shape index (κ3) is 4.69. The minimum atomic E-state index is -1.05. The van der Waals surface area contributed by atoms with E-state index >= 15 is 0 Å². The number of Topliss-reactive ketones (excluding diaryl/α,β-unsaturated/α-hetero) is 2. The van der Waals surface area contributed by atoms with E-state index in [1.165, 1.54) is 13.8 Å². The van der Waals surface area contributed by atoms with Gasteiger partial charge < -0.3 is 15.0 Å². The Kier molecular flexibility index (Phi) is 6.28. The number of aromatic nitrogens is 1. The van der Waals surface area contributed by atoms with E-state index < -0.39 is 23.8 Å². The van der Waals surface area contributed by atoms with Crippen molar-refractivity contribution in [3.05, 3.63) is 58.4 Å². The summed E-state index contributed by atoms with van der Waals surface area (Å²) in [5, 5.41) is 2.45. The van der Waals surface area contributed by atoms with E-state index in [0.29, 0.717) is 22.4 Å². The Morgan fingerprint density at radius 1 is 1.11 bits per heavy atom. The van der Waals surface area contributed by atoms with E-state index in [4.69, 9.17) is 4.74 Å². The molecule has 0 aliphatic heterocycles. The Balaban J connectivity index is 1.96. The maximum atomic E-state index is 12.5. The first-order valence-corrected chi connectivity index (χ1v) is 8.49. The molecule has 1 aromatic heterocycles. The second kappa shape index (κ2) is 8.44. The van der Waals surface area contributed by atoms with Gasteiger partial charge in [-0.15, -0.1) is 0 Å². The van der Waals surface area contributed by atoms with Gasteiger partial charge in [-0.2, -0.15) is 0 Å². The van der Waals surface area contributed by atoms with Crippen molar-refractivity contribution in [2.24, 2.45) is 0 Å². The first-order valence-electron chi connectivity index (χ1n) is 8.49. The Hall–Kier alpha value is -3.22. The average Bonchev–Trinajstić information content (AvgIpc) is 2.94. The van der Waals surface area contributed by atoms with Gasteiger partial charge in [-0.3, -0.25) is 19.2 Å². The summed E-state index contributed by atoms with van der Waals surface area (Å²) in [5.74, 6) is -1.72. The van der Waals surface area contributed by atoms with E-state index in [-0.39, 0.29) is 18.0 Å². The molecule has 0 saturated carbocycles. The number of H-pyrrole nitrogens is 1. The molecule has 0 aliphatic carbocycles. The average molecular weight is 370 g/mol. The van der Waals surface area contributed by atoms with Crippen LogP contribution in [-0.2, 0) is 9.53 Å². The summed E-state index contributed by atoms with van der Waals surface area (Å²) in [6.45, 7) is 5.89. The fourth-order valence-corrected chi connectivity index (χ4v) is 2.86. The number of aromatic amines is 1. The molecule has 7 heteroatoms. The minimum absolute atomic E-state index is 0.145. The van der Waals surface area contributed by atoms with Crippen LogP contribution in [0.5, 0.6) is 0 Å². The van der Waals surface area contributed by atoms with Crippen molar-refractivity contribution in [1.82, 2.24) is 10.3 Å². The van der Waals surface area contributed by atoms with Crippen molar-refractivity contribution in [3.8, 4) is 0 Å². The van der Waals surface area contributed by atoms with Crippen LogP contribution in [0.4, 0.5) is 0 Å². The monoisotopic (exact) mass is 370 g/mol. The first kappa shape index (κ1) is 20.1. The van der Waals surface area contributed by atoms with Crippen molar-refractivity contribution in [1.29, 1.82) is 0 Å². The second-order valence-electron chi connectivity index (χ2n) is 6.23. The molecule has 1 atom stereocenters. The van der Waals surface area contributed by atoms with E-state index in [1.807, 2.05) is 0 Å². The predicted octanol–water partition coefficient (Wildman–Crippen LogP) is 2.38. The Bertz CT molecular complexity index is 883. The van der Waals surface area contributed by atoms with Crippen molar-refractivity contribution in [2.75, 3.05) is 6.54 Å². The highest BCUT2D eigenvalue weighted by atomic mass is 16.5. The van der Waals surface area contributed by atoms with Crippen molar-refractivity contribution >= 4 is 23.4 Å². The quantitative estimate of drug-likeness (QED) is 0.575. The van der Waals surface area contributed by atoms with Gasteiger partial charge in [0.05, 0.1) is 5.69 Å². The van der Waals surface area contributed by atoms with Crippen molar-refractivity contribution < 1.29 is 23.9 Å². The fraction of sp³-hybridized carbons (Fsp3) is 0.300. The molecule has 142 valence electrons. The van der Waals surface area contributed by atoms with E-state index in [9.17, 15) is 19.2 Å². The highest BCUT2D eigenvalue weighted by Crippen LogP contribution is 2.20. The van der Waals surface area contributed by atoms with Gasteiger partial charge in [-0.05, 0) is 45.4 Å². The highest BCUT2D eigenvalue weighted by molar-refractivity contribution is 6.05. The molecule has 27 heavy (non-hydrogen) atoms. The lowest BCUT2D eigenvalue weighted by molar-refractivity contribution is -0.145. The summed E-state index contributed by atoms with van der Waals surface area (Å²) >= 11 is 0. The van der Waals surface area contributed by atoms with Crippen LogP contribution < -0.4 is 5.32 Å². The number of hydrogen-bond donors (Lipinski definition) is 2. The Labute approximate surface area is 157 Å². The number of ketones is 2. The van der Waals surface area contributed by atoms with Crippen LogP contribution >= 0.6 is 0 Å². The molecule has 0 unspecified atom stereocenters. The molecule has 2 aromatic rings. The van der Waals surface area contributed by atoms with Gasteiger partial charge in [-0.25, -0.2) is 0 Å². The summed E-state index contributed by atoms with van der Waals surface area (Å²) in [6.07, 6.45) is -1.05. The normalized spacial score (nSPS) is 11.6. The smallest absolute Gasteiger partial charge is 0.326 e. The predicted molar refractivity (Wildman–Crippen MR) is 98.9 cm³/mol. The van der Waals surface area contributed by atoms with Crippen LogP contribution in [0.15, 0.2) is 30.3 Å². The largest absolute Gasteiger partial charge is 0.453 e. The van der Waals surface area contributed by atoms with Crippen LogP contribution in [0.3, 0.4) is 0 Å². The van der Waals surface area contributed by atoms with Gasteiger partial charge in [0, 0.05) is 16.8 Å². The summed E-state index contributed by atoms with van der Waals surface area (Å²) in [4.78, 5) is 51.0. The zero-order valence-electron chi connectivity index (χ0n) is 15.7. The number of nitrogens with one attached hydrogen (secondary N) is 2. The third-order valence-electron chi connectivity index (χ3n) is 4.14. The number of ether oxygens (including phenoxy) is 1. The molecule has 1 heterocycles. The maximum absolute atomic E-state index is 12.5. The molecule has 0 aliphatic rings. The number of esters is 1. The number of benzene rings is 1. The third-order valence-corrected chi connectivity index (χ3v) is 4.14. The van der Waals surface area contributed by atoms with E-state index in [0.717, 1.165) is 0 Å². The molecule has 2 N–H and O–H groups in total. The summed E-state index contributed by atoms with van der Waals surface area (Å²) < 4.78 is 5.11. The van der Waals surface area contributed by atoms with Gasteiger partial charge in [0.2, 0.25) is 5.78 Å². The highest BCUT2D eigenvalue weighted by Gasteiger charge is 2.26. The van der Waals surface area contributed by atoms with Gasteiger partial charge >= 0.3 is 5.97 Å². The number of amides is 1. The first-order chi connectivity index (χ1) is 12.7. The van der Waals surface area contributed by atoms with Gasteiger partial charge in [0.1, 0.15) is 6.54 Å². The number of rotatable bonds is 7. The molecule has 0 bridgehead atoms. The molecular formula is C20H22N2O5. The maximum Gasteiger partial charge on any atom is 0.326 e. The zero-order chi connectivity index (χ0) is 20.1. The summed E-state index contributed by atoms with van der Waals surface area (Å²) in [6, 6.07) is 8.44. The Morgan fingerprint density at radius 2 is 1.74 bits per heavy atom. The van der Waals surface area contributed by atoms with Crippen LogP contribution in [0, 0.1) is 13.8 Å². The standard InChI is InChI=1S/C20H22N2O5/c1-11-17(13(3)23)12(2)22-18(11)19(25)14(4)27-16(24)10-21-20(26)15-8-6-5-7-9-15/h5-9,14,22H,10H2,1-4H3,(H,21,26)/t14-/m0/s1. The molecule has 0 radical (unpaired) electrons. The van der Waals surface area contributed by atoms with Gasteiger partial charge in [-0.1, -0.05) is 18.2 Å². The molecule has 1 aromatic carbocycles. The minimum Gasteiger partial charge on any atom is -0.453 e. The van der Waals surface area contributed by atoms with Crippen LogP contribution in [-0.4, -0.2) is 41.1 Å². The van der Waals surface area contributed by atoms with Crippen LogP contribution in [0.25, 0.3) is 0 Å². The fourth-order valence-electron chi connectivity index (χ4n) is 2.86. The zero-order valence-corrected chi connectivity index (χ0v) is 15.7. The molecule has 0 saturated heterocycles. The lowest BCUT2D eigenvalue weighted by Gasteiger charge is -2.12. The van der Waals surface area contributed by atoms with Crippen molar-refractivity contribution in [2.45, 2.75) is 33.8 Å². The van der Waals surface area contributed by atoms with E-state index in [1.54, 1.807) is 44.2 Å². The number of hydrogen-bond acceptors (Lipinski definition) is 5. The van der Waals surface area contributed by atoms with Crippen LogP contribution in [0.2, 0.25) is 0 Å². The second-order valence-corrected chi connectivity index (χ2v) is 6.23. The molecule has 1 amide bonds. The SMILES string of the molecule is CC(=O)c1c(C)[nH]c(C(=O)[C@H](C)OC(=O)CNC(=O)c2ccccc2)c1C. The van der Waals surface area contributed by atoms with Crippen LogP contribution in [0.1, 0.15) is 56.3 Å². The molecule has 7 nitrogen and oxygen atoms in total. The summed E-state index contributed by atoms with van der Waals surface area (Å²) in [5.41, 5.74) is 2.25. The molecule has 0 fully saturated rings. The van der Waals surface area contributed by atoms with Crippen molar-refractivity contribution in [3.63, 3.8) is 0 Å². The lowest BCUT2D eigenvalue weighted by atomic mass is 10.0. The number of carbonyl (C=O) groups is 4. The Morgan fingerprint density at radius 3 is 2.30 bits per heavy atom. The van der Waals surface area contributed by atoms with Gasteiger partial charge in [0.25, 0.3) is 5.91 Å². The topological polar surface area (TPSA) is 105 Å². The molecule has 0 spiro atoms. The number of aryl methyl sites for hydroxylation is 1. The van der Waals surface area contributed by atoms with E-state index in [2.05, 4.69) is 10.3 Å². The lowest BCUT2D eigenvalue weighted by Crippen LogP contribution is -2.34. The molecule has 2 rings (SSSR count). The van der Waals surface area contributed by atoms with Gasteiger partial charge in [0.15, 0.2) is 11.9 Å².